The van der Waals surface area contributed by atoms with Crippen LogP contribution in [0, 0.1) is 13.8 Å². The van der Waals surface area contributed by atoms with Gasteiger partial charge in [-0.25, -0.2) is 4.98 Å². The maximum absolute atomic E-state index is 11.7. The van der Waals surface area contributed by atoms with Gasteiger partial charge in [0, 0.05) is 6.20 Å². The van der Waals surface area contributed by atoms with Gasteiger partial charge in [0.05, 0.1) is 11.0 Å². The second kappa shape index (κ2) is 5.07. The van der Waals surface area contributed by atoms with E-state index in [9.17, 15) is 4.79 Å². The summed E-state index contributed by atoms with van der Waals surface area (Å²) in [5.74, 6) is 0.830. The van der Waals surface area contributed by atoms with Gasteiger partial charge in [0.1, 0.15) is 11.5 Å². The van der Waals surface area contributed by atoms with E-state index >= 15 is 0 Å². The van der Waals surface area contributed by atoms with Crippen LogP contribution in [0.25, 0.3) is 6.20 Å². The summed E-state index contributed by atoms with van der Waals surface area (Å²) >= 11 is 3.16. The molecule has 1 aromatic heterocycles. The van der Waals surface area contributed by atoms with Gasteiger partial charge in [-0.3, -0.25) is 4.79 Å². The van der Waals surface area contributed by atoms with Crippen molar-refractivity contribution in [1.29, 1.82) is 0 Å². The topological polar surface area (TPSA) is 34.9 Å². The van der Waals surface area contributed by atoms with Gasteiger partial charge < -0.3 is 4.57 Å². The van der Waals surface area contributed by atoms with Gasteiger partial charge in [0.2, 0.25) is 0 Å². The molecule has 0 radical (unpaired) electrons. The van der Waals surface area contributed by atoms with Crippen molar-refractivity contribution in [2.75, 3.05) is 5.33 Å². The summed E-state index contributed by atoms with van der Waals surface area (Å²) in [5.41, 5.74) is 1.38. The van der Waals surface area contributed by atoms with Crippen molar-refractivity contribution >= 4 is 27.9 Å². The lowest BCUT2D eigenvalue weighted by Gasteiger charge is -2.02. The van der Waals surface area contributed by atoms with Crippen molar-refractivity contribution in [2.45, 2.75) is 13.8 Å². The standard InChI is InChI=1S/C11H13BrN2O/c1-4-5-6-14-9(3)13-8(2)11(14)10(15)7-12/h4-6H,1,7H2,2-3H3/b6-5-. The lowest BCUT2D eigenvalue weighted by molar-refractivity contribution is 0.101. The Labute approximate surface area is 97.6 Å². The van der Waals surface area contributed by atoms with Crippen molar-refractivity contribution in [2.24, 2.45) is 0 Å². The molecular formula is C11H13BrN2O. The minimum Gasteiger partial charge on any atom is -0.301 e. The first-order valence-electron chi connectivity index (χ1n) is 4.55. The Kier molecular flexibility index (Phi) is 4.03. The molecule has 0 saturated heterocycles. The molecule has 3 nitrogen and oxygen atoms in total. The molecule has 0 saturated carbocycles. The van der Waals surface area contributed by atoms with Gasteiger partial charge in [0.15, 0.2) is 5.78 Å². The van der Waals surface area contributed by atoms with Gasteiger partial charge >= 0.3 is 0 Å². The Morgan fingerprint density at radius 2 is 2.27 bits per heavy atom. The first kappa shape index (κ1) is 11.9. The first-order chi connectivity index (χ1) is 7.11. The van der Waals surface area contributed by atoms with Crippen LogP contribution in [0.3, 0.4) is 0 Å². The maximum Gasteiger partial charge on any atom is 0.191 e. The zero-order chi connectivity index (χ0) is 11.4. The molecule has 0 bridgehead atoms. The van der Waals surface area contributed by atoms with E-state index in [0.717, 1.165) is 11.5 Å². The van der Waals surface area contributed by atoms with Gasteiger partial charge in [0.25, 0.3) is 0 Å². The molecule has 0 aromatic carbocycles. The number of ketones is 1. The highest BCUT2D eigenvalue weighted by atomic mass is 79.9. The Morgan fingerprint density at radius 1 is 1.60 bits per heavy atom. The fourth-order valence-electron chi connectivity index (χ4n) is 1.41. The normalized spacial score (nSPS) is 10.9. The first-order valence-corrected chi connectivity index (χ1v) is 5.67. The molecule has 1 aromatic rings. The van der Waals surface area contributed by atoms with Gasteiger partial charge in [-0.15, -0.1) is 0 Å². The fourth-order valence-corrected chi connectivity index (χ4v) is 1.68. The SMILES string of the molecule is C=C/C=C\n1c(C)nc(C)c1C(=O)CBr. The molecule has 0 aliphatic rings. The van der Waals surface area contributed by atoms with Crippen molar-refractivity contribution < 1.29 is 4.79 Å². The molecule has 0 aliphatic heterocycles. The third-order valence-corrected chi connectivity index (χ3v) is 2.53. The van der Waals surface area contributed by atoms with E-state index in [-0.39, 0.29) is 5.78 Å². The van der Waals surface area contributed by atoms with E-state index < -0.39 is 0 Å². The number of carbonyl (C=O) groups excluding carboxylic acids is 1. The lowest BCUT2D eigenvalue weighted by atomic mass is 10.2. The number of halogens is 1. The second-order valence-corrected chi connectivity index (χ2v) is 3.66. The number of carbonyl (C=O) groups is 1. The van der Waals surface area contributed by atoms with Crippen LogP contribution in [0.15, 0.2) is 18.7 Å². The number of hydrogen-bond acceptors (Lipinski definition) is 2. The van der Waals surface area contributed by atoms with Crippen LogP contribution >= 0.6 is 15.9 Å². The smallest absolute Gasteiger partial charge is 0.191 e. The Hall–Kier alpha value is -1.16. The quantitative estimate of drug-likeness (QED) is 0.478. The predicted molar refractivity (Wildman–Crippen MR) is 65.4 cm³/mol. The number of Topliss-reactive ketones (excluding diaryl/α,β-unsaturated/α-hetero) is 1. The van der Waals surface area contributed by atoms with Crippen molar-refractivity contribution in [1.82, 2.24) is 9.55 Å². The van der Waals surface area contributed by atoms with Crippen molar-refractivity contribution in [3.63, 3.8) is 0 Å². The van der Waals surface area contributed by atoms with E-state index in [4.69, 9.17) is 0 Å². The Morgan fingerprint density at radius 3 is 2.80 bits per heavy atom. The molecule has 0 aliphatic carbocycles. The van der Waals surface area contributed by atoms with Gasteiger partial charge in [-0.05, 0) is 19.9 Å². The van der Waals surface area contributed by atoms with E-state index in [0.29, 0.717) is 11.0 Å². The summed E-state index contributed by atoms with van der Waals surface area (Å²) in [7, 11) is 0. The van der Waals surface area contributed by atoms with Crippen LogP contribution in [-0.4, -0.2) is 20.7 Å². The molecule has 1 rings (SSSR count). The lowest BCUT2D eigenvalue weighted by Crippen LogP contribution is -2.08. The number of allylic oxidation sites excluding steroid dienone is 2. The highest BCUT2D eigenvalue weighted by Gasteiger charge is 2.15. The van der Waals surface area contributed by atoms with E-state index in [1.807, 2.05) is 13.8 Å². The average Bonchev–Trinajstić information content (AvgIpc) is 2.49. The predicted octanol–water partition coefficient (Wildman–Crippen LogP) is 2.73. The molecular weight excluding hydrogens is 256 g/mol. The minimum atomic E-state index is 0.0295. The fraction of sp³-hybridized carbons (Fsp3) is 0.273. The van der Waals surface area contributed by atoms with Crippen LogP contribution in [0.5, 0.6) is 0 Å². The molecule has 4 heteroatoms. The van der Waals surface area contributed by atoms with Crippen LogP contribution in [0.2, 0.25) is 0 Å². The number of aromatic nitrogens is 2. The summed E-state index contributed by atoms with van der Waals surface area (Å²) in [6.45, 7) is 7.29. The molecule has 0 N–H and O–H groups in total. The number of alkyl halides is 1. The summed E-state index contributed by atoms with van der Waals surface area (Å²) in [5, 5.41) is 0.306. The zero-order valence-electron chi connectivity index (χ0n) is 8.83. The monoisotopic (exact) mass is 268 g/mol. The molecule has 80 valence electrons. The highest BCUT2D eigenvalue weighted by molar-refractivity contribution is 9.09. The largest absolute Gasteiger partial charge is 0.301 e. The molecule has 0 spiro atoms. The van der Waals surface area contributed by atoms with Crippen molar-refractivity contribution in [3.05, 3.63) is 35.9 Å². The molecule has 0 atom stereocenters. The van der Waals surface area contributed by atoms with Crippen LogP contribution in [0.1, 0.15) is 22.0 Å². The number of imidazole rings is 1. The van der Waals surface area contributed by atoms with E-state index in [2.05, 4.69) is 27.5 Å². The summed E-state index contributed by atoms with van der Waals surface area (Å²) in [6.07, 6.45) is 5.23. The minimum absolute atomic E-state index is 0.0295. The summed E-state index contributed by atoms with van der Waals surface area (Å²) in [6, 6.07) is 0. The highest BCUT2D eigenvalue weighted by Crippen LogP contribution is 2.13. The number of hydrogen-bond donors (Lipinski definition) is 0. The molecule has 15 heavy (non-hydrogen) atoms. The number of rotatable bonds is 4. The molecule has 0 unspecified atom stereocenters. The zero-order valence-corrected chi connectivity index (χ0v) is 10.4. The molecule has 1 heterocycles. The summed E-state index contributed by atoms with van der Waals surface area (Å²) < 4.78 is 1.78. The third-order valence-electron chi connectivity index (χ3n) is 2.02. The Bertz CT molecular complexity index is 418. The van der Waals surface area contributed by atoms with E-state index in [1.54, 1.807) is 22.9 Å². The number of aryl methyl sites for hydroxylation is 2. The van der Waals surface area contributed by atoms with Crippen molar-refractivity contribution in [3.8, 4) is 0 Å². The molecule has 0 fully saturated rings. The maximum atomic E-state index is 11.7. The average molecular weight is 269 g/mol. The van der Waals surface area contributed by atoms with Crippen LogP contribution in [0.4, 0.5) is 0 Å². The van der Waals surface area contributed by atoms with Crippen LogP contribution in [-0.2, 0) is 0 Å². The van der Waals surface area contributed by atoms with Gasteiger partial charge in [-0.2, -0.15) is 0 Å². The Balaban J connectivity index is 3.28. The number of nitrogens with zero attached hydrogens (tertiary/aromatic N) is 2. The summed E-state index contributed by atoms with van der Waals surface area (Å²) in [4.78, 5) is 15.9. The van der Waals surface area contributed by atoms with E-state index in [1.165, 1.54) is 0 Å². The van der Waals surface area contributed by atoms with Crippen LogP contribution < -0.4 is 0 Å². The second-order valence-electron chi connectivity index (χ2n) is 3.10. The van der Waals surface area contributed by atoms with Gasteiger partial charge in [-0.1, -0.05) is 28.6 Å². The third kappa shape index (κ3) is 2.45. The molecule has 0 amide bonds.